The summed E-state index contributed by atoms with van der Waals surface area (Å²) in [5, 5.41) is 2.67. The zero-order valence-corrected chi connectivity index (χ0v) is 22.0. The summed E-state index contributed by atoms with van der Waals surface area (Å²) in [6.45, 7) is 3.09. The second kappa shape index (κ2) is 11.9. The molecule has 1 amide bonds. The summed E-state index contributed by atoms with van der Waals surface area (Å²) in [5.41, 5.74) is 0.337. The molecule has 2 aromatic carbocycles. The number of morpholine rings is 1. The number of hydrogen-bond donors (Lipinski definition) is 1. The molecule has 36 heavy (non-hydrogen) atoms. The van der Waals surface area contributed by atoms with Crippen LogP contribution in [-0.4, -0.2) is 85.9 Å². The molecular formula is C23H31N3O8S2. The van der Waals surface area contributed by atoms with Crippen LogP contribution in [0, 0.1) is 0 Å². The maximum Gasteiger partial charge on any atom is 0.243 e. The molecule has 0 aromatic heterocycles. The van der Waals surface area contributed by atoms with Crippen molar-refractivity contribution in [2.45, 2.75) is 17.9 Å². The van der Waals surface area contributed by atoms with Gasteiger partial charge in [0.25, 0.3) is 0 Å². The predicted molar refractivity (Wildman–Crippen MR) is 134 cm³/mol. The van der Waals surface area contributed by atoms with E-state index in [-0.39, 0.29) is 18.0 Å². The van der Waals surface area contributed by atoms with E-state index >= 15 is 0 Å². The highest BCUT2D eigenvalue weighted by atomic mass is 32.2. The number of nitrogens with zero attached hydrogens (tertiary/aromatic N) is 2. The smallest absolute Gasteiger partial charge is 0.243 e. The third-order valence-electron chi connectivity index (χ3n) is 5.52. The Bertz CT molecular complexity index is 1230. The van der Waals surface area contributed by atoms with Crippen molar-refractivity contribution >= 4 is 31.6 Å². The monoisotopic (exact) mass is 541 g/mol. The van der Waals surface area contributed by atoms with E-state index in [2.05, 4.69) is 5.32 Å². The van der Waals surface area contributed by atoms with Gasteiger partial charge in [-0.3, -0.25) is 9.10 Å². The van der Waals surface area contributed by atoms with Gasteiger partial charge in [0.1, 0.15) is 24.1 Å². The van der Waals surface area contributed by atoms with Crippen LogP contribution >= 0.6 is 0 Å². The van der Waals surface area contributed by atoms with E-state index < -0.39 is 32.0 Å². The molecule has 1 fully saturated rings. The highest BCUT2D eigenvalue weighted by Crippen LogP contribution is 2.24. The minimum absolute atomic E-state index is 0.107. The Morgan fingerprint density at radius 3 is 2.17 bits per heavy atom. The van der Waals surface area contributed by atoms with Gasteiger partial charge in [0, 0.05) is 13.1 Å². The number of ether oxygens (including phenoxy) is 3. The molecule has 0 unspecified atom stereocenters. The van der Waals surface area contributed by atoms with E-state index in [9.17, 15) is 21.6 Å². The average molecular weight is 542 g/mol. The number of rotatable bonds is 11. The molecule has 1 N–H and O–H groups in total. The lowest BCUT2D eigenvalue weighted by Gasteiger charge is -2.28. The number of methoxy groups -OCH3 is 1. The first-order valence-electron chi connectivity index (χ1n) is 11.3. The summed E-state index contributed by atoms with van der Waals surface area (Å²) < 4.78 is 68.5. The second-order valence-electron chi connectivity index (χ2n) is 8.06. The van der Waals surface area contributed by atoms with Crippen molar-refractivity contribution in [3.05, 3.63) is 48.5 Å². The molecule has 11 nitrogen and oxygen atoms in total. The molecular weight excluding hydrogens is 510 g/mol. The van der Waals surface area contributed by atoms with E-state index in [0.29, 0.717) is 43.5 Å². The zero-order chi connectivity index (χ0) is 26.3. The predicted octanol–water partition coefficient (Wildman–Crippen LogP) is 1.07. The van der Waals surface area contributed by atoms with Crippen LogP contribution in [0.2, 0.25) is 0 Å². The highest BCUT2D eigenvalue weighted by Gasteiger charge is 2.29. The van der Waals surface area contributed by atoms with E-state index in [1.165, 1.54) is 30.5 Å². The average Bonchev–Trinajstić information content (AvgIpc) is 2.87. The molecule has 2 aromatic rings. The Morgan fingerprint density at radius 2 is 1.61 bits per heavy atom. The number of hydrogen-bond acceptors (Lipinski definition) is 8. The van der Waals surface area contributed by atoms with Gasteiger partial charge in [-0.1, -0.05) is 0 Å². The highest BCUT2D eigenvalue weighted by molar-refractivity contribution is 7.92. The fourth-order valence-corrected chi connectivity index (χ4v) is 6.26. The standard InChI is InChI=1S/C23H31N3O8S2/c1-18(26(35(3,28)29)19-4-6-20(32-2)7-5-19)23(27)24-12-15-34-21-8-10-22(11-9-21)36(30,31)25-13-16-33-17-14-25/h4-11,18H,12-17H2,1-3H3,(H,24,27)/t18-/m1/s1. The zero-order valence-electron chi connectivity index (χ0n) is 20.4. The van der Waals surface area contributed by atoms with Crippen LogP contribution in [0.4, 0.5) is 5.69 Å². The molecule has 3 rings (SSSR count). The van der Waals surface area contributed by atoms with Crippen LogP contribution < -0.4 is 19.1 Å². The number of anilines is 1. The van der Waals surface area contributed by atoms with Crippen LogP contribution in [0.25, 0.3) is 0 Å². The van der Waals surface area contributed by atoms with Gasteiger partial charge in [-0.15, -0.1) is 0 Å². The number of amides is 1. The molecule has 0 spiro atoms. The minimum atomic E-state index is -3.74. The van der Waals surface area contributed by atoms with Crippen molar-refractivity contribution in [1.29, 1.82) is 0 Å². The van der Waals surface area contributed by atoms with Crippen molar-refractivity contribution in [2.24, 2.45) is 0 Å². The fourth-order valence-electron chi connectivity index (χ4n) is 3.67. The number of nitrogens with one attached hydrogen (secondary N) is 1. The lowest BCUT2D eigenvalue weighted by molar-refractivity contribution is -0.121. The van der Waals surface area contributed by atoms with Crippen LogP contribution in [0.3, 0.4) is 0 Å². The first-order valence-corrected chi connectivity index (χ1v) is 14.5. The van der Waals surface area contributed by atoms with E-state index in [4.69, 9.17) is 14.2 Å². The van der Waals surface area contributed by atoms with Crippen molar-refractivity contribution in [2.75, 3.05) is 57.1 Å². The maximum absolute atomic E-state index is 12.7. The molecule has 0 saturated carbocycles. The molecule has 13 heteroatoms. The minimum Gasteiger partial charge on any atom is -0.497 e. The topological polar surface area (TPSA) is 132 Å². The van der Waals surface area contributed by atoms with Gasteiger partial charge >= 0.3 is 0 Å². The van der Waals surface area contributed by atoms with Gasteiger partial charge < -0.3 is 19.5 Å². The molecule has 198 valence electrons. The Balaban J connectivity index is 1.53. The number of carbonyl (C=O) groups is 1. The summed E-state index contributed by atoms with van der Waals surface area (Å²) >= 11 is 0. The molecule has 0 bridgehead atoms. The molecule has 1 heterocycles. The van der Waals surface area contributed by atoms with E-state index in [1.54, 1.807) is 36.4 Å². The molecule has 1 saturated heterocycles. The van der Waals surface area contributed by atoms with Gasteiger partial charge in [-0.05, 0) is 55.5 Å². The van der Waals surface area contributed by atoms with Crippen LogP contribution in [-0.2, 0) is 29.6 Å². The number of carbonyl (C=O) groups excluding carboxylic acids is 1. The largest absolute Gasteiger partial charge is 0.497 e. The van der Waals surface area contributed by atoms with E-state index in [0.717, 1.165) is 10.6 Å². The van der Waals surface area contributed by atoms with Crippen LogP contribution in [0.1, 0.15) is 6.92 Å². The number of sulfonamides is 2. The van der Waals surface area contributed by atoms with Gasteiger partial charge in [0.15, 0.2) is 0 Å². The molecule has 1 atom stereocenters. The van der Waals surface area contributed by atoms with Gasteiger partial charge in [-0.25, -0.2) is 16.8 Å². The first-order chi connectivity index (χ1) is 17.0. The Morgan fingerprint density at radius 1 is 1.03 bits per heavy atom. The number of benzene rings is 2. The quantitative estimate of drug-likeness (QED) is 0.418. The van der Waals surface area contributed by atoms with Crippen molar-refractivity contribution in [3.63, 3.8) is 0 Å². The summed E-state index contributed by atoms with van der Waals surface area (Å²) in [6.07, 6.45) is 1.03. The normalized spacial score (nSPS) is 15.6. The Labute approximate surface area is 212 Å². The molecule has 1 aliphatic rings. The molecule has 0 radical (unpaired) electrons. The summed E-state index contributed by atoms with van der Waals surface area (Å²) in [6, 6.07) is 11.4. The second-order valence-corrected chi connectivity index (χ2v) is 11.9. The third kappa shape index (κ3) is 6.87. The van der Waals surface area contributed by atoms with Gasteiger partial charge in [0.05, 0.1) is 43.7 Å². The van der Waals surface area contributed by atoms with Gasteiger partial charge in [0.2, 0.25) is 26.0 Å². The SMILES string of the molecule is COc1ccc(N([C@H](C)C(=O)NCCOc2ccc(S(=O)(=O)N3CCOCC3)cc2)S(C)(=O)=O)cc1. The lowest BCUT2D eigenvalue weighted by Crippen LogP contribution is -2.48. The van der Waals surface area contributed by atoms with Crippen LogP contribution in [0.15, 0.2) is 53.4 Å². The molecule has 0 aliphatic carbocycles. The van der Waals surface area contributed by atoms with Crippen molar-refractivity contribution in [3.8, 4) is 11.5 Å². The molecule has 1 aliphatic heterocycles. The lowest BCUT2D eigenvalue weighted by atomic mass is 10.2. The van der Waals surface area contributed by atoms with Crippen molar-refractivity contribution in [1.82, 2.24) is 9.62 Å². The first kappa shape index (κ1) is 27.7. The summed E-state index contributed by atoms with van der Waals surface area (Å²) in [5.74, 6) is 0.509. The van der Waals surface area contributed by atoms with Crippen LogP contribution in [0.5, 0.6) is 11.5 Å². The summed E-state index contributed by atoms with van der Waals surface area (Å²) in [7, 11) is -5.83. The fraction of sp³-hybridized carbons (Fsp3) is 0.435. The Kier molecular flexibility index (Phi) is 9.17. The summed E-state index contributed by atoms with van der Waals surface area (Å²) in [4.78, 5) is 12.8. The van der Waals surface area contributed by atoms with Gasteiger partial charge in [-0.2, -0.15) is 4.31 Å². The third-order valence-corrected chi connectivity index (χ3v) is 8.67. The van der Waals surface area contributed by atoms with E-state index in [1.807, 2.05) is 0 Å². The van der Waals surface area contributed by atoms with Crippen molar-refractivity contribution < 1.29 is 35.8 Å². The maximum atomic E-state index is 12.7. The Hall–Kier alpha value is -2.87.